The monoisotopic (exact) mass is 497 g/mol. The average Bonchev–Trinajstić information content (AvgIpc) is 2.63. The summed E-state index contributed by atoms with van der Waals surface area (Å²) in [5.74, 6) is -0.570. The predicted molar refractivity (Wildman–Crippen MR) is 109 cm³/mol. The van der Waals surface area contributed by atoms with Gasteiger partial charge < -0.3 is 0 Å². The molecule has 0 unspecified atom stereocenters. The van der Waals surface area contributed by atoms with E-state index in [0.29, 0.717) is 16.1 Å². The number of hydrogen-bond acceptors (Lipinski definition) is 4. The number of aromatic nitrogens is 1. The molecular formula is C19H13ClINO3S. The van der Waals surface area contributed by atoms with Crippen LogP contribution in [0.3, 0.4) is 0 Å². The second-order valence-electron chi connectivity index (χ2n) is 5.58. The molecule has 0 atom stereocenters. The van der Waals surface area contributed by atoms with Crippen molar-refractivity contribution in [3.05, 3.63) is 92.3 Å². The van der Waals surface area contributed by atoms with Crippen LogP contribution in [0.25, 0.3) is 0 Å². The largest absolute Gasteiger partial charge is 0.289 e. The molecule has 0 aliphatic rings. The molecule has 0 N–H and O–H groups in total. The van der Waals surface area contributed by atoms with E-state index in [1.165, 1.54) is 18.5 Å². The molecule has 0 radical (unpaired) electrons. The maximum atomic E-state index is 12.8. The Morgan fingerprint density at radius 1 is 1.00 bits per heavy atom. The van der Waals surface area contributed by atoms with Gasteiger partial charge in [0.2, 0.25) is 0 Å². The SMILES string of the molecule is O=C(c1ccncc1)c1cc(Cl)ccc1CS(=O)(=O)c1ccc(I)cc1. The molecule has 3 aromatic rings. The number of ketones is 1. The lowest BCUT2D eigenvalue weighted by molar-refractivity contribution is 0.103. The third-order valence-electron chi connectivity index (χ3n) is 3.78. The van der Waals surface area contributed by atoms with Crippen molar-refractivity contribution in [3.63, 3.8) is 0 Å². The minimum absolute atomic E-state index is 0.218. The van der Waals surface area contributed by atoms with Crippen molar-refractivity contribution in [2.24, 2.45) is 0 Å². The highest BCUT2D eigenvalue weighted by atomic mass is 127. The number of carbonyl (C=O) groups is 1. The molecule has 0 spiro atoms. The molecule has 0 aliphatic heterocycles. The number of nitrogens with zero attached hydrogens (tertiary/aromatic N) is 1. The topological polar surface area (TPSA) is 64.1 Å². The van der Waals surface area contributed by atoms with E-state index in [1.807, 2.05) is 0 Å². The van der Waals surface area contributed by atoms with Crippen molar-refractivity contribution in [1.82, 2.24) is 4.98 Å². The summed E-state index contributed by atoms with van der Waals surface area (Å²) in [6, 6.07) is 14.4. The Bertz CT molecular complexity index is 1050. The number of carbonyl (C=O) groups excluding carboxylic acids is 1. The minimum Gasteiger partial charge on any atom is -0.289 e. The Labute approximate surface area is 170 Å². The van der Waals surface area contributed by atoms with Crippen molar-refractivity contribution in [1.29, 1.82) is 0 Å². The summed E-state index contributed by atoms with van der Waals surface area (Å²) in [5.41, 5.74) is 1.11. The summed E-state index contributed by atoms with van der Waals surface area (Å²) in [5, 5.41) is 0.373. The number of sulfone groups is 1. The van der Waals surface area contributed by atoms with Crippen molar-refractivity contribution in [3.8, 4) is 0 Å². The molecule has 0 fully saturated rings. The molecular weight excluding hydrogens is 485 g/mol. The first kappa shape index (κ1) is 19.0. The first-order chi connectivity index (χ1) is 12.4. The molecule has 0 saturated carbocycles. The third kappa shape index (κ3) is 4.31. The van der Waals surface area contributed by atoms with Crippen molar-refractivity contribution < 1.29 is 13.2 Å². The highest BCUT2D eigenvalue weighted by Crippen LogP contribution is 2.24. The lowest BCUT2D eigenvalue weighted by atomic mass is 10.00. The second-order valence-corrected chi connectivity index (χ2v) is 9.25. The summed E-state index contributed by atoms with van der Waals surface area (Å²) >= 11 is 8.15. The molecule has 132 valence electrons. The van der Waals surface area contributed by atoms with Gasteiger partial charge in [-0.1, -0.05) is 17.7 Å². The lowest BCUT2D eigenvalue weighted by Gasteiger charge is -2.11. The van der Waals surface area contributed by atoms with Crippen LogP contribution >= 0.6 is 34.2 Å². The van der Waals surface area contributed by atoms with Crippen molar-refractivity contribution in [2.75, 3.05) is 0 Å². The smallest absolute Gasteiger partial charge is 0.193 e. The van der Waals surface area contributed by atoms with Gasteiger partial charge in [0.05, 0.1) is 10.6 Å². The van der Waals surface area contributed by atoms with Gasteiger partial charge in [-0.05, 0) is 76.7 Å². The fourth-order valence-corrected chi connectivity index (χ4v) is 4.38. The van der Waals surface area contributed by atoms with Crippen LogP contribution in [0.15, 0.2) is 71.9 Å². The first-order valence-electron chi connectivity index (χ1n) is 7.58. The van der Waals surface area contributed by atoms with Gasteiger partial charge in [0.1, 0.15) is 0 Å². The number of halogens is 2. The highest BCUT2D eigenvalue weighted by molar-refractivity contribution is 14.1. The quantitative estimate of drug-likeness (QED) is 0.383. The zero-order chi connectivity index (χ0) is 18.7. The summed E-state index contributed by atoms with van der Waals surface area (Å²) in [6.07, 6.45) is 3.03. The Hall–Kier alpha value is -1.77. The van der Waals surface area contributed by atoms with E-state index in [0.717, 1.165) is 3.57 Å². The van der Waals surface area contributed by atoms with Crippen LogP contribution in [0, 0.1) is 3.57 Å². The maximum absolute atomic E-state index is 12.8. The average molecular weight is 498 g/mol. The van der Waals surface area contributed by atoms with Gasteiger partial charge in [0, 0.05) is 32.1 Å². The minimum atomic E-state index is -3.59. The zero-order valence-corrected chi connectivity index (χ0v) is 17.1. The van der Waals surface area contributed by atoms with Crippen molar-refractivity contribution in [2.45, 2.75) is 10.6 Å². The fraction of sp³-hybridized carbons (Fsp3) is 0.0526. The molecule has 0 amide bonds. The number of rotatable bonds is 5. The maximum Gasteiger partial charge on any atom is 0.193 e. The Morgan fingerprint density at radius 2 is 1.65 bits per heavy atom. The molecule has 4 nitrogen and oxygen atoms in total. The zero-order valence-electron chi connectivity index (χ0n) is 13.4. The Morgan fingerprint density at radius 3 is 2.31 bits per heavy atom. The van der Waals surface area contributed by atoms with Crippen LogP contribution in [-0.4, -0.2) is 19.2 Å². The van der Waals surface area contributed by atoms with Gasteiger partial charge in [-0.15, -0.1) is 0 Å². The molecule has 1 aromatic heterocycles. The van der Waals surface area contributed by atoms with E-state index in [2.05, 4.69) is 27.6 Å². The molecule has 0 aliphatic carbocycles. The van der Waals surface area contributed by atoms with Gasteiger partial charge in [0.15, 0.2) is 15.6 Å². The van der Waals surface area contributed by atoms with E-state index < -0.39 is 9.84 Å². The molecule has 0 saturated heterocycles. The third-order valence-corrected chi connectivity index (χ3v) is 6.41. The van der Waals surface area contributed by atoms with E-state index in [-0.39, 0.29) is 22.0 Å². The molecule has 3 rings (SSSR count). The lowest BCUT2D eigenvalue weighted by Crippen LogP contribution is -2.11. The van der Waals surface area contributed by atoms with Crippen molar-refractivity contribution >= 4 is 49.8 Å². The number of benzene rings is 2. The van der Waals surface area contributed by atoms with Crippen LogP contribution in [0.4, 0.5) is 0 Å². The van der Waals surface area contributed by atoms with E-state index in [1.54, 1.807) is 48.5 Å². The molecule has 7 heteroatoms. The van der Waals surface area contributed by atoms with Gasteiger partial charge in [0.25, 0.3) is 0 Å². The summed E-state index contributed by atoms with van der Waals surface area (Å²) in [6.45, 7) is 0. The first-order valence-corrected chi connectivity index (χ1v) is 10.7. The Kier molecular flexibility index (Phi) is 5.74. The molecule has 2 aromatic carbocycles. The van der Waals surface area contributed by atoms with Crippen LogP contribution < -0.4 is 0 Å². The van der Waals surface area contributed by atoms with Crippen LogP contribution in [0.5, 0.6) is 0 Å². The van der Waals surface area contributed by atoms with Gasteiger partial charge in [-0.3, -0.25) is 9.78 Å². The Balaban J connectivity index is 2.01. The molecule has 0 bridgehead atoms. The summed E-state index contributed by atoms with van der Waals surface area (Å²) in [4.78, 5) is 16.9. The number of pyridine rings is 1. The molecule has 26 heavy (non-hydrogen) atoms. The van der Waals surface area contributed by atoms with E-state index >= 15 is 0 Å². The van der Waals surface area contributed by atoms with Gasteiger partial charge in [-0.25, -0.2) is 8.42 Å². The fourth-order valence-electron chi connectivity index (χ4n) is 2.47. The summed E-state index contributed by atoms with van der Waals surface area (Å²) < 4.78 is 26.5. The standard InChI is InChI=1S/C19H13ClINO3S/c20-15-2-1-14(12-26(24,25)17-5-3-16(21)4-6-17)18(11-15)19(23)13-7-9-22-10-8-13/h1-11H,12H2. The molecule has 1 heterocycles. The van der Waals surface area contributed by atoms with Crippen LogP contribution in [-0.2, 0) is 15.6 Å². The highest BCUT2D eigenvalue weighted by Gasteiger charge is 2.21. The predicted octanol–water partition coefficient (Wildman–Crippen LogP) is 4.54. The van der Waals surface area contributed by atoms with E-state index in [4.69, 9.17) is 11.6 Å². The number of hydrogen-bond donors (Lipinski definition) is 0. The van der Waals surface area contributed by atoms with Crippen LogP contribution in [0.2, 0.25) is 5.02 Å². The normalized spacial score (nSPS) is 11.3. The van der Waals surface area contributed by atoms with Gasteiger partial charge in [-0.2, -0.15) is 0 Å². The second kappa shape index (κ2) is 7.85. The summed E-state index contributed by atoms with van der Waals surface area (Å²) in [7, 11) is -3.59. The van der Waals surface area contributed by atoms with Crippen LogP contribution in [0.1, 0.15) is 21.5 Å². The van der Waals surface area contributed by atoms with E-state index in [9.17, 15) is 13.2 Å². The van der Waals surface area contributed by atoms with Gasteiger partial charge >= 0.3 is 0 Å².